The molecule has 0 aliphatic heterocycles. The zero-order chi connectivity index (χ0) is 15.9. The van der Waals surface area contributed by atoms with Crippen molar-refractivity contribution in [3.63, 3.8) is 0 Å². The summed E-state index contributed by atoms with van der Waals surface area (Å²) in [7, 11) is 0. The Kier molecular flexibility index (Phi) is 7.80. The Labute approximate surface area is 153 Å². The van der Waals surface area contributed by atoms with Crippen LogP contribution in [-0.2, 0) is 6.54 Å². The number of ether oxygens (including phenoxy) is 1. The highest BCUT2D eigenvalue weighted by molar-refractivity contribution is 14.0. The smallest absolute Gasteiger partial charge is 0.193 e. The van der Waals surface area contributed by atoms with Crippen LogP contribution in [0.3, 0.4) is 0 Å². The largest absolute Gasteiger partial charge is 0.491 e. The topological polar surface area (TPSA) is 59.6 Å². The van der Waals surface area contributed by atoms with Gasteiger partial charge in [0.25, 0.3) is 0 Å². The van der Waals surface area contributed by atoms with Gasteiger partial charge in [-0.2, -0.15) is 0 Å². The number of nitrogens with zero attached hydrogens (tertiary/aromatic N) is 1. The molecular weight excluding hydrogens is 408 g/mol. The molecule has 3 N–H and O–H groups in total. The molecule has 0 heterocycles. The minimum Gasteiger partial charge on any atom is -0.491 e. The van der Waals surface area contributed by atoms with Gasteiger partial charge in [-0.3, -0.25) is 0 Å². The molecule has 0 amide bonds. The first-order valence-corrected chi connectivity index (χ1v) is 7.13. The van der Waals surface area contributed by atoms with Crippen molar-refractivity contribution in [1.29, 1.82) is 0 Å². The van der Waals surface area contributed by atoms with Crippen molar-refractivity contribution < 1.29 is 9.13 Å². The van der Waals surface area contributed by atoms with Gasteiger partial charge in [0, 0.05) is 5.69 Å². The van der Waals surface area contributed by atoms with E-state index < -0.39 is 0 Å². The van der Waals surface area contributed by atoms with Crippen LogP contribution in [0.4, 0.5) is 10.1 Å². The van der Waals surface area contributed by atoms with Gasteiger partial charge in [0.05, 0.1) is 13.2 Å². The number of hydrogen-bond acceptors (Lipinski definition) is 2. The highest BCUT2D eigenvalue weighted by Gasteiger charge is 2.04. The Morgan fingerprint density at radius 3 is 2.52 bits per heavy atom. The molecule has 0 saturated heterocycles. The lowest BCUT2D eigenvalue weighted by molar-refractivity contribution is 0.321. The summed E-state index contributed by atoms with van der Waals surface area (Å²) in [6, 6.07) is 12.6. The van der Waals surface area contributed by atoms with Crippen LogP contribution in [0.5, 0.6) is 5.75 Å². The molecular formula is C17H21FIN3O. The van der Waals surface area contributed by atoms with Crippen molar-refractivity contribution in [1.82, 2.24) is 0 Å². The second-order valence-corrected chi connectivity index (χ2v) is 4.89. The van der Waals surface area contributed by atoms with E-state index in [0.29, 0.717) is 13.2 Å². The number of aliphatic imine (C=N–C) groups is 1. The lowest BCUT2D eigenvalue weighted by Crippen LogP contribution is -2.22. The number of hydrogen-bond donors (Lipinski definition) is 2. The molecule has 4 nitrogen and oxygen atoms in total. The maximum atomic E-state index is 13.7. The zero-order valence-corrected chi connectivity index (χ0v) is 15.5. The average molecular weight is 429 g/mol. The van der Waals surface area contributed by atoms with E-state index in [1.54, 1.807) is 12.1 Å². The molecule has 0 aromatic heterocycles. The molecule has 0 radical (unpaired) electrons. The summed E-state index contributed by atoms with van der Waals surface area (Å²) >= 11 is 0. The van der Waals surface area contributed by atoms with E-state index in [2.05, 4.69) is 10.3 Å². The van der Waals surface area contributed by atoms with Crippen molar-refractivity contribution in [2.24, 2.45) is 10.7 Å². The second kappa shape index (κ2) is 9.34. The molecule has 124 valence electrons. The Morgan fingerprint density at radius 1 is 1.22 bits per heavy atom. The van der Waals surface area contributed by atoms with Crippen LogP contribution in [0.2, 0.25) is 0 Å². The average Bonchev–Trinajstić information content (AvgIpc) is 2.50. The SMILES string of the molecule is CCOc1ccc(CN=C(N)Nc2ccc(C)cc2)cc1F.I. The maximum absolute atomic E-state index is 13.7. The molecule has 2 aromatic carbocycles. The molecule has 0 aliphatic carbocycles. The fourth-order valence-corrected chi connectivity index (χ4v) is 1.92. The Hall–Kier alpha value is -1.83. The highest BCUT2D eigenvalue weighted by atomic mass is 127. The standard InChI is InChI=1S/C17H20FN3O.HI/c1-3-22-16-9-6-13(10-15(16)18)11-20-17(19)21-14-7-4-12(2)5-8-14;/h4-10H,3,11H2,1-2H3,(H3,19,20,21);1H. The number of anilines is 1. The van der Waals surface area contributed by atoms with E-state index in [-0.39, 0.29) is 41.5 Å². The maximum Gasteiger partial charge on any atom is 0.193 e. The van der Waals surface area contributed by atoms with Crippen molar-refractivity contribution in [2.45, 2.75) is 20.4 Å². The minimum absolute atomic E-state index is 0. The fourth-order valence-electron chi connectivity index (χ4n) is 1.92. The lowest BCUT2D eigenvalue weighted by Gasteiger charge is -2.07. The quantitative estimate of drug-likeness (QED) is 0.428. The van der Waals surface area contributed by atoms with Gasteiger partial charge in [-0.15, -0.1) is 24.0 Å². The van der Waals surface area contributed by atoms with Gasteiger partial charge in [-0.1, -0.05) is 23.8 Å². The molecule has 6 heteroatoms. The van der Waals surface area contributed by atoms with Crippen LogP contribution in [0, 0.1) is 12.7 Å². The minimum atomic E-state index is -0.389. The number of rotatable bonds is 5. The molecule has 0 fully saturated rings. The highest BCUT2D eigenvalue weighted by Crippen LogP contribution is 2.18. The number of nitrogens with one attached hydrogen (secondary N) is 1. The molecule has 0 aliphatic rings. The van der Waals surface area contributed by atoms with Crippen LogP contribution < -0.4 is 15.8 Å². The molecule has 0 bridgehead atoms. The molecule has 0 spiro atoms. The van der Waals surface area contributed by atoms with E-state index in [0.717, 1.165) is 11.3 Å². The molecule has 2 aromatic rings. The number of halogens is 2. The van der Waals surface area contributed by atoms with Crippen LogP contribution in [-0.4, -0.2) is 12.6 Å². The summed E-state index contributed by atoms with van der Waals surface area (Å²) in [6.45, 7) is 4.56. The van der Waals surface area contributed by atoms with E-state index in [4.69, 9.17) is 10.5 Å². The first-order valence-electron chi connectivity index (χ1n) is 7.13. The van der Waals surface area contributed by atoms with E-state index in [9.17, 15) is 4.39 Å². The molecule has 0 unspecified atom stereocenters. The number of benzene rings is 2. The Morgan fingerprint density at radius 2 is 1.91 bits per heavy atom. The van der Waals surface area contributed by atoms with Crippen LogP contribution in [0.25, 0.3) is 0 Å². The summed E-state index contributed by atoms with van der Waals surface area (Å²) in [5.74, 6) is 0.152. The Bertz CT molecular complexity index is 659. The first kappa shape index (κ1) is 19.2. The summed E-state index contributed by atoms with van der Waals surface area (Å²) in [5, 5.41) is 2.99. The summed E-state index contributed by atoms with van der Waals surface area (Å²) in [6.07, 6.45) is 0. The van der Waals surface area contributed by atoms with Gasteiger partial charge in [0.1, 0.15) is 0 Å². The van der Waals surface area contributed by atoms with Gasteiger partial charge in [0.15, 0.2) is 17.5 Å². The van der Waals surface area contributed by atoms with Gasteiger partial charge in [0.2, 0.25) is 0 Å². The van der Waals surface area contributed by atoms with E-state index in [1.807, 2.05) is 38.1 Å². The third-order valence-corrected chi connectivity index (χ3v) is 3.05. The molecule has 23 heavy (non-hydrogen) atoms. The number of guanidine groups is 1. The van der Waals surface area contributed by atoms with Gasteiger partial charge in [-0.05, 0) is 43.7 Å². The van der Waals surface area contributed by atoms with Crippen LogP contribution >= 0.6 is 24.0 Å². The second-order valence-electron chi connectivity index (χ2n) is 4.89. The predicted molar refractivity (Wildman–Crippen MR) is 103 cm³/mol. The summed E-state index contributed by atoms with van der Waals surface area (Å²) in [5.41, 5.74) is 8.60. The summed E-state index contributed by atoms with van der Waals surface area (Å²) < 4.78 is 18.9. The first-order chi connectivity index (χ1) is 10.6. The number of aryl methyl sites for hydroxylation is 1. The molecule has 0 atom stereocenters. The monoisotopic (exact) mass is 429 g/mol. The van der Waals surface area contributed by atoms with Gasteiger partial charge >= 0.3 is 0 Å². The lowest BCUT2D eigenvalue weighted by atomic mass is 10.2. The third-order valence-electron chi connectivity index (χ3n) is 3.05. The van der Waals surface area contributed by atoms with Crippen molar-refractivity contribution in [3.05, 3.63) is 59.4 Å². The summed E-state index contributed by atoms with van der Waals surface area (Å²) in [4.78, 5) is 4.20. The molecule has 0 saturated carbocycles. The zero-order valence-electron chi connectivity index (χ0n) is 13.2. The van der Waals surface area contributed by atoms with E-state index >= 15 is 0 Å². The third kappa shape index (κ3) is 6.05. The predicted octanol–water partition coefficient (Wildman–Crippen LogP) is 4.08. The Balaban J connectivity index is 0.00000264. The normalized spacial score (nSPS) is 10.8. The van der Waals surface area contributed by atoms with Crippen molar-refractivity contribution >= 4 is 35.6 Å². The van der Waals surface area contributed by atoms with Gasteiger partial charge in [-0.25, -0.2) is 9.38 Å². The van der Waals surface area contributed by atoms with Crippen molar-refractivity contribution in [2.75, 3.05) is 11.9 Å². The fraction of sp³-hybridized carbons (Fsp3) is 0.235. The van der Waals surface area contributed by atoms with E-state index in [1.165, 1.54) is 11.6 Å². The van der Waals surface area contributed by atoms with Gasteiger partial charge < -0.3 is 15.8 Å². The van der Waals surface area contributed by atoms with Crippen LogP contribution in [0.1, 0.15) is 18.1 Å². The van der Waals surface area contributed by atoms with Crippen LogP contribution in [0.15, 0.2) is 47.5 Å². The number of nitrogens with two attached hydrogens (primary N) is 1. The van der Waals surface area contributed by atoms with Crippen molar-refractivity contribution in [3.8, 4) is 5.75 Å². The molecule has 2 rings (SSSR count).